The van der Waals surface area contributed by atoms with Crippen molar-refractivity contribution in [1.82, 2.24) is 33.9 Å². The van der Waals surface area contributed by atoms with Crippen LogP contribution in [0.25, 0.3) is 38.8 Å². The van der Waals surface area contributed by atoms with Crippen molar-refractivity contribution in [3.63, 3.8) is 0 Å². The number of imidazole rings is 1. The number of nitrogens with one attached hydrogen (secondary N) is 1. The Kier molecular flexibility index (Phi) is 4.85. The zero-order chi connectivity index (χ0) is 23.3. The maximum atomic E-state index is 13.3. The van der Waals surface area contributed by atoms with Gasteiger partial charge in [-0.25, -0.2) is 9.78 Å². The number of hydrogen-bond acceptors (Lipinski definition) is 7. The molecular weight excluding hydrogens is 420 g/mol. The minimum Gasteiger partial charge on any atom is -0.480 e. The van der Waals surface area contributed by atoms with E-state index in [0.29, 0.717) is 18.4 Å². The fraction of sp³-hybridized carbons (Fsp3) is 0.261. The Morgan fingerprint density at radius 3 is 2.67 bits per heavy atom. The van der Waals surface area contributed by atoms with E-state index in [0.717, 1.165) is 44.4 Å². The van der Waals surface area contributed by atoms with Gasteiger partial charge < -0.3 is 10.1 Å². The van der Waals surface area contributed by atoms with Crippen molar-refractivity contribution in [2.75, 3.05) is 19.0 Å². The molecule has 0 spiro atoms. The Balaban J connectivity index is 1.81. The predicted molar refractivity (Wildman–Crippen MR) is 127 cm³/mol. The molecule has 33 heavy (non-hydrogen) atoms. The summed E-state index contributed by atoms with van der Waals surface area (Å²) in [6.07, 6.45) is 5.32. The van der Waals surface area contributed by atoms with Gasteiger partial charge in [-0.15, -0.1) is 0 Å². The molecule has 10 nitrogen and oxygen atoms in total. The van der Waals surface area contributed by atoms with E-state index in [9.17, 15) is 4.79 Å². The molecule has 0 unspecified atom stereocenters. The number of benzene rings is 1. The summed E-state index contributed by atoms with van der Waals surface area (Å²) in [4.78, 5) is 26.7. The molecule has 0 aliphatic carbocycles. The number of rotatable bonds is 5. The van der Waals surface area contributed by atoms with E-state index in [-0.39, 0.29) is 5.69 Å². The van der Waals surface area contributed by atoms with Gasteiger partial charge in [0, 0.05) is 38.4 Å². The molecule has 0 saturated heterocycles. The van der Waals surface area contributed by atoms with E-state index in [2.05, 4.69) is 25.4 Å². The zero-order valence-electron chi connectivity index (χ0n) is 19.1. The average Bonchev–Trinajstić information content (AvgIpc) is 3.28. The average molecular weight is 444 g/mol. The summed E-state index contributed by atoms with van der Waals surface area (Å²) >= 11 is 0. The monoisotopic (exact) mass is 444 g/mol. The molecule has 0 radical (unpaired) electrons. The number of ether oxygens (including phenoxy) is 1. The SMILES string of the molecule is CCNc1ncc(-c2ccc3ncc4c(c3c2)n(-c2cn(C)nc2C)c(=O)n4C)c(OC)n1. The van der Waals surface area contributed by atoms with Gasteiger partial charge in [-0.1, -0.05) is 6.07 Å². The summed E-state index contributed by atoms with van der Waals surface area (Å²) in [5.41, 5.74) is 5.24. The van der Waals surface area contributed by atoms with Crippen molar-refractivity contribution in [1.29, 1.82) is 0 Å². The van der Waals surface area contributed by atoms with Crippen LogP contribution in [0.2, 0.25) is 0 Å². The molecule has 0 aliphatic heterocycles. The summed E-state index contributed by atoms with van der Waals surface area (Å²) in [7, 11) is 5.18. The number of nitrogens with zero attached hydrogens (tertiary/aromatic N) is 7. The zero-order valence-corrected chi connectivity index (χ0v) is 19.1. The summed E-state index contributed by atoms with van der Waals surface area (Å²) in [6, 6.07) is 5.89. The minimum absolute atomic E-state index is 0.156. The van der Waals surface area contributed by atoms with Gasteiger partial charge in [0.05, 0.1) is 46.8 Å². The number of hydrogen-bond donors (Lipinski definition) is 1. The van der Waals surface area contributed by atoms with Gasteiger partial charge in [0.25, 0.3) is 0 Å². The van der Waals surface area contributed by atoms with Gasteiger partial charge in [-0.3, -0.25) is 18.8 Å². The van der Waals surface area contributed by atoms with Crippen molar-refractivity contribution in [2.45, 2.75) is 13.8 Å². The number of methoxy groups -OCH3 is 1. The maximum absolute atomic E-state index is 13.3. The topological polar surface area (TPSA) is 105 Å². The molecule has 5 rings (SSSR count). The van der Waals surface area contributed by atoms with Gasteiger partial charge in [-0.2, -0.15) is 10.1 Å². The Morgan fingerprint density at radius 2 is 1.97 bits per heavy atom. The lowest BCUT2D eigenvalue weighted by atomic mass is 10.0. The Bertz CT molecular complexity index is 1580. The first-order chi connectivity index (χ1) is 15.9. The van der Waals surface area contributed by atoms with Crippen molar-refractivity contribution in [3.05, 3.63) is 53.0 Å². The fourth-order valence-electron chi connectivity index (χ4n) is 4.16. The van der Waals surface area contributed by atoms with Crippen LogP contribution in [0.3, 0.4) is 0 Å². The highest BCUT2D eigenvalue weighted by molar-refractivity contribution is 6.04. The van der Waals surface area contributed by atoms with Crippen LogP contribution in [-0.4, -0.2) is 47.5 Å². The van der Waals surface area contributed by atoms with Crippen molar-refractivity contribution in [2.24, 2.45) is 14.1 Å². The van der Waals surface area contributed by atoms with E-state index in [4.69, 9.17) is 4.74 Å². The quantitative estimate of drug-likeness (QED) is 0.444. The number of pyridine rings is 1. The van der Waals surface area contributed by atoms with Gasteiger partial charge in [-0.05, 0) is 31.5 Å². The van der Waals surface area contributed by atoms with Gasteiger partial charge in [0.2, 0.25) is 11.8 Å². The smallest absolute Gasteiger partial charge is 0.333 e. The molecule has 168 valence electrons. The van der Waals surface area contributed by atoms with E-state index in [1.165, 1.54) is 0 Å². The highest BCUT2D eigenvalue weighted by Gasteiger charge is 2.20. The fourth-order valence-corrected chi connectivity index (χ4v) is 4.16. The summed E-state index contributed by atoms with van der Waals surface area (Å²) in [5.74, 6) is 0.973. The van der Waals surface area contributed by atoms with Crippen molar-refractivity contribution in [3.8, 4) is 22.7 Å². The van der Waals surface area contributed by atoms with Crippen molar-refractivity contribution < 1.29 is 4.74 Å². The van der Waals surface area contributed by atoms with Crippen LogP contribution in [-0.2, 0) is 14.1 Å². The molecule has 0 amide bonds. The molecular formula is C23H24N8O2. The highest BCUT2D eigenvalue weighted by atomic mass is 16.5. The summed E-state index contributed by atoms with van der Waals surface area (Å²) in [6.45, 7) is 4.58. The number of fused-ring (bicyclic) bond motifs is 3. The van der Waals surface area contributed by atoms with Crippen LogP contribution in [0, 0.1) is 6.92 Å². The second-order valence-electron chi connectivity index (χ2n) is 7.82. The Labute approximate surface area is 189 Å². The van der Waals surface area contributed by atoms with Gasteiger partial charge in [0.1, 0.15) is 0 Å². The van der Waals surface area contributed by atoms with Crippen LogP contribution in [0.15, 0.2) is 41.6 Å². The van der Waals surface area contributed by atoms with E-state index < -0.39 is 0 Å². The van der Waals surface area contributed by atoms with Gasteiger partial charge >= 0.3 is 5.69 Å². The lowest BCUT2D eigenvalue weighted by molar-refractivity contribution is 0.399. The minimum atomic E-state index is -0.156. The lowest BCUT2D eigenvalue weighted by Gasteiger charge is -2.11. The third-order valence-corrected chi connectivity index (χ3v) is 5.70. The second-order valence-corrected chi connectivity index (χ2v) is 7.82. The molecule has 4 heterocycles. The number of aromatic nitrogens is 7. The normalized spacial score (nSPS) is 11.4. The van der Waals surface area contributed by atoms with Crippen molar-refractivity contribution >= 4 is 27.9 Å². The first kappa shape index (κ1) is 20.7. The Morgan fingerprint density at radius 1 is 1.15 bits per heavy atom. The predicted octanol–water partition coefficient (Wildman–Crippen LogP) is 2.82. The molecule has 5 aromatic rings. The van der Waals surface area contributed by atoms with Crippen LogP contribution in [0.1, 0.15) is 12.6 Å². The summed E-state index contributed by atoms with van der Waals surface area (Å²) in [5, 5.41) is 8.36. The molecule has 0 aliphatic rings. The molecule has 10 heteroatoms. The molecule has 1 aromatic carbocycles. The Hall–Kier alpha value is -4.21. The van der Waals surface area contributed by atoms with Crippen LogP contribution in [0.4, 0.5) is 5.95 Å². The van der Waals surface area contributed by atoms with Gasteiger partial charge in [0.15, 0.2) is 0 Å². The first-order valence-corrected chi connectivity index (χ1v) is 10.6. The molecule has 0 saturated carbocycles. The highest BCUT2D eigenvalue weighted by Crippen LogP contribution is 2.33. The van der Waals surface area contributed by atoms with Crippen LogP contribution >= 0.6 is 0 Å². The van der Waals surface area contributed by atoms with E-state index >= 15 is 0 Å². The summed E-state index contributed by atoms with van der Waals surface area (Å²) < 4.78 is 10.6. The third kappa shape index (κ3) is 3.22. The maximum Gasteiger partial charge on any atom is 0.333 e. The van der Waals surface area contributed by atoms with Crippen LogP contribution < -0.4 is 15.7 Å². The molecule has 0 atom stereocenters. The molecule has 0 bridgehead atoms. The largest absolute Gasteiger partial charge is 0.480 e. The first-order valence-electron chi connectivity index (χ1n) is 10.6. The van der Waals surface area contributed by atoms with Crippen LogP contribution in [0.5, 0.6) is 5.88 Å². The number of aryl methyl sites for hydroxylation is 3. The number of anilines is 1. The molecule has 4 aromatic heterocycles. The molecule has 1 N–H and O–H groups in total. The lowest BCUT2D eigenvalue weighted by Crippen LogP contribution is -2.21. The standard InChI is InChI=1S/C23H24N8O2/c1-6-24-22-26-10-16(21(27-22)33-5)14-7-8-17-15(9-14)20-18(11-25-17)30(4)23(32)31(20)19-12-29(3)28-13(19)2/h7-12H,6H2,1-5H3,(H,24,26,27). The second kappa shape index (κ2) is 7.73. The van der Waals surface area contributed by atoms with E-state index in [1.807, 2.05) is 45.3 Å². The van der Waals surface area contributed by atoms with E-state index in [1.54, 1.807) is 40.4 Å². The third-order valence-electron chi connectivity index (χ3n) is 5.70. The molecule has 0 fully saturated rings.